The third kappa shape index (κ3) is 5.55. The van der Waals surface area contributed by atoms with Gasteiger partial charge in [0, 0.05) is 5.56 Å². The number of esters is 1. The molecule has 1 aromatic rings. The highest BCUT2D eigenvalue weighted by atomic mass is 16.5. The van der Waals surface area contributed by atoms with Crippen LogP contribution in [0, 0.1) is 5.92 Å². The van der Waals surface area contributed by atoms with E-state index in [-0.39, 0.29) is 11.8 Å². The summed E-state index contributed by atoms with van der Waals surface area (Å²) >= 11 is 0. The number of hydrogen-bond donors (Lipinski definition) is 2. The molecule has 0 radical (unpaired) electrons. The van der Waals surface area contributed by atoms with Crippen LogP contribution in [0.5, 0.6) is 0 Å². The van der Waals surface area contributed by atoms with Crippen molar-refractivity contribution in [1.82, 2.24) is 5.32 Å². The van der Waals surface area contributed by atoms with E-state index in [4.69, 9.17) is 10.5 Å². The molecular weight excluding hydrogens is 268 g/mol. The highest BCUT2D eigenvalue weighted by Gasteiger charge is 2.23. The largest absolute Gasteiger partial charge is 0.467 e. The van der Waals surface area contributed by atoms with Crippen LogP contribution in [-0.2, 0) is 16.0 Å². The highest BCUT2D eigenvalue weighted by Crippen LogP contribution is 2.09. The van der Waals surface area contributed by atoms with Crippen molar-refractivity contribution >= 4 is 11.9 Å². The standard InChI is InChI=1S/C16H24N2O3/c1-11(2)10-14(16(20)21-3)18-15(19)13-6-4-12(5-7-13)8-9-17/h4-7,11,14H,8-10,17H2,1-3H3,(H,18,19). The summed E-state index contributed by atoms with van der Waals surface area (Å²) in [6.07, 6.45) is 1.32. The molecule has 0 aliphatic carbocycles. The molecule has 1 amide bonds. The summed E-state index contributed by atoms with van der Waals surface area (Å²) < 4.78 is 4.73. The molecule has 0 aromatic heterocycles. The Hall–Kier alpha value is -1.88. The molecule has 3 N–H and O–H groups in total. The summed E-state index contributed by atoms with van der Waals surface area (Å²) in [5.74, 6) is -0.413. The fraction of sp³-hybridized carbons (Fsp3) is 0.500. The van der Waals surface area contributed by atoms with Crippen LogP contribution in [0.25, 0.3) is 0 Å². The van der Waals surface area contributed by atoms with Crippen molar-refractivity contribution in [3.63, 3.8) is 0 Å². The quantitative estimate of drug-likeness (QED) is 0.746. The number of nitrogens with one attached hydrogen (secondary N) is 1. The van der Waals surface area contributed by atoms with E-state index in [9.17, 15) is 9.59 Å². The van der Waals surface area contributed by atoms with Gasteiger partial charge in [0.25, 0.3) is 5.91 Å². The molecule has 5 nitrogen and oxygen atoms in total. The minimum atomic E-state index is -0.619. The van der Waals surface area contributed by atoms with E-state index in [1.165, 1.54) is 7.11 Å². The van der Waals surface area contributed by atoms with Crippen molar-refractivity contribution in [2.75, 3.05) is 13.7 Å². The van der Waals surface area contributed by atoms with Crippen molar-refractivity contribution < 1.29 is 14.3 Å². The molecule has 5 heteroatoms. The van der Waals surface area contributed by atoms with Crippen molar-refractivity contribution in [2.45, 2.75) is 32.7 Å². The van der Waals surface area contributed by atoms with Gasteiger partial charge in [-0.3, -0.25) is 4.79 Å². The Labute approximate surface area is 125 Å². The van der Waals surface area contributed by atoms with E-state index >= 15 is 0 Å². The lowest BCUT2D eigenvalue weighted by Crippen LogP contribution is -2.42. The molecule has 0 aliphatic rings. The number of amides is 1. The zero-order valence-corrected chi connectivity index (χ0v) is 12.9. The first-order valence-electron chi connectivity index (χ1n) is 7.15. The molecular formula is C16H24N2O3. The van der Waals surface area contributed by atoms with Crippen molar-refractivity contribution in [3.05, 3.63) is 35.4 Å². The lowest BCUT2D eigenvalue weighted by molar-refractivity contribution is -0.143. The van der Waals surface area contributed by atoms with Gasteiger partial charge in [-0.2, -0.15) is 0 Å². The van der Waals surface area contributed by atoms with E-state index in [0.717, 1.165) is 12.0 Å². The Balaban J connectivity index is 2.74. The predicted octanol–water partition coefficient (Wildman–Crippen LogP) is 1.51. The first-order chi connectivity index (χ1) is 9.97. The van der Waals surface area contributed by atoms with Crippen LogP contribution in [0.15, 0.2) is 24.3 Å². The maximum absolute atomic E-state index is 12.2. The second kappa shape index (κ2) is 8.42. The van der Waals surface area contributed by atoms with E-state index in [1.807, 2.05) is 26.0 Å². The molecule has 0 saturated heterocycles. The van der Waals surface area contributed by atoms with Crippen LogP contribution in [0.3, 0.4) is 0 Å². The first-order valence-corrected chi connectivity index (χ1v) is 7.15. The van der Waals surface area contributed by atoms with Gasteiger partial charge in [0.05, 0.1) is 7.11 Å². The number of benzene rings is 1. The van der Waals surface area contributed by atoms with Gasteiger partial charge in [0.15, 0.2) is 0 Å². The molecule has 21 heavy (non-hydrogen) atoms. The molecule has 116 valence electrons. The van der Waals surface area contributed by atoms with Crippen molar-refractivity contribution in [2.24, 2.45) is 11.7 Å². The normalized spacial score (nSPS) is 12.0. The highest BCUT2D eigenvalue weighted by molar-refractivity contribution is 5.96. The summed E-state index contributed by atoms with van der Waals surface area (Å²) in [7, 11) is 1.32. The summed E-state index contributed by atoms with van der Waals surface area (Å²) in [5.41, 5.74) is 7.09. The molecule has 1 rings (SSSR count). The Morgan fingerprint density at radius 2 is 1.86 bits per heavy atom. The van der Waals surface area contributed by atoms with Crippen LogP contribution in [0.2, 0.25) is 0 Å². The maximum Gasteiger partial charge on any atom is 0.328 e. The SMILES string of the molecule is COC(=O)C(CC(C)C)NC(=O)c1ccc(CCN)cc1. The predicted molar refractivity (Wildman–Crippen MR) is 81.9 cm³/mol. The number of nitrogens with two attached hydrogens (primary N) is 1. The van der Waals surface area contributed by atoms with E-state index in [0.29, 0.717) is 18.5 Å². The molecule has 1 unspecified atom stereocenters. The van der Waals surface area contributed by atoms with Crippen LogP contribution in [-0.4, -0.2) is 31.6 Å². The monoisotopic (exact) mass is 292 g/mol. The topological polar surface area (TPSA) is 81.4 Å². The summed E-state index contributed by atoms with van der Waals surface area (Å²) in [4.78, 5) is 23.9. The van der Waals surface area contributed by atoms with Gasteiger partial charge in [-0.15, -0.1) is 0 Å². The van der Waals surface area contributed by atoms with Crippen LogP contribution >= 0.6 is 0 Å². The molecule has 0 heterocycles. The van der Waals surface area contributed by atoms with Gasteiger partial charge >= 0.3 is 5.97 Å². The van der Waals surface area contributed by atoms with Crippen LogP contribution in [0.1, 0.15) is 36.2 Å². The zero-order chi connectivity index (χ0) is 15.8. The average molecular weight is 292 g/mol. The lowest BCUT2D eigenvalue weighted by atomic mass is 10.0. The molecule has 0 saturated carbocycles. The van der Waals surface area contributed by atoms with Crippen LogP contribution < -0.4 is 11.1 Å². The number of ether oxygens (including phenoxy) is 1. The van der Waals surface area contributed by atoms with E-state index in [1.54, 1.807) is 12.1 Å². The molecule has 0 fully saturated rings. The number of rotatable bonds is 7. The molecule has 1 atom stereocenters. The summed E-state index contributed by atoms with van der Waals surface area (Å²) in [6.45, 7) is 4.55. The van der Waals surface area contributed by atoms with Crippen molar-refractivity contribution in [1.29, 1.82) is 0 Å². The van der Waals surface area contributed by atoms with E-state index in [2.05, 4.69) is 5.32 Å². The Morgan fingerprint density at radius 1 is 1.24 bits per heavy atom. The maximum atomic E-state index is 12.2. The third-order valence-corrected chi connectivity index (χ3v) is 3.15. The van der Waals surface area contributed by atoms with Gasteiger partial charge in [-0.25, -0.2) is 4.79 Å². The molecule has 0 spiro atoms. The number of carbonyl (C=O) groups excluding carboxylic acids is 2. The number of carbonyl (C=O) groups is 2. The van der Waals surface area contributed by atoms with Gasteiger partial charge in [-0.1, -0.05) is 26.0 Å². The van der Waals surface area contributed by atoms with Gasteiger partial charge in [0.2, 0.25) is 0 Å². The zero-order valence-electron chi connectivity index (χ0n) is 12.9. The first kappa shape index (κ1) is 17.2. The van der Waals surface area contributed by atoms with Gasteiger partial charge in [0.1, 0.15) is 6.04 Å². The number of hydrogen-bond acceptors (Lipinski definition) is 4. The molecule has 1 aromatic carbocycles. The minimum absolute atomic E-state index is 0.273. The van der Waals surface area contributed by atoms with Gasteiger partial charge in [-0.05, 0) is 43.0 Å². The fourth-order valence-electron chi connectivity index (χ4n) is 2.06. The second-order valence-electron chi connectivity index (χ2n) is 5.41. The average Bonchev–Trinajstić information content (AvgIpc) is 2.46. The smallest absolute Gasteiger partial charge is 0.328 e. The molecule has 0 aliphatic heterocycles. The summed E-state index contributed by atoms with van der Waals surface area (Å²) in [5, 5.41) is 2.73. The number of methoxy groups -OCH3 is 1. The fourth-order valence-corrected chi connectivity index (χ4v) is 2.06. The lowest BCUT2D eigenvalue weighted by Gasteiger charge is -2.18. The van der Waals surface area contributed by atoms with Gasteiger partial charge < -0.3 is 15.8 Å². The third-order valence-electron chi connectivity index (χ3n) is 3.15. The van der Waals surface area contributed by atoms with Crippen LogP contribution in [0.4, 0.5) is 0 Å². The second-order valence-corrected chi connectivity index (χ2v) is 5.41. The Bertz CT molecular complexity index is 469. The Morgan fingerprint density at radius 3 is 2.33 bits per heavy atom. The molecule has 0 bridgehead atoms. The minimum Gasteiger partial charge on any atom is -0.467 e. The van der Waals surface area contributed by atoms with Crippen molar-refractivity contribution in [3.8, 4) is 0 Å². The Kier molecular flexibility index (Phi) is 6.88. The summed E-state index contributed by atoms with van der Waals surface area (Å²) in [6, 6.07) is 6.61. The van der Waals surface area contributed by atoms with E-state index < -0.39 is 12.0 Å².